The fourth-order valence-corrected chi connectivity index (χ4v) is 3.26. The van der Waals surface area contributed by atoms with Crippen molar-refractivity contribution in [2.75, 3.05) is 14.2 Å². The molecule has 0 fully saturated rings. The first-order chi connectivity index (χ1) is 17.6. The van der Waals surface area contributed by atoms with Gasteiger partial charge in [0, 0.05) is 12.4 Å². The van der Waals surface area contributed by atoms with Gasteiger partial charge in [-0.3, -0.25) is 9.98 Å². The van der Waals surface area contributed by atoms with E-state index in [4.69, 9.17) is 9.47 Å². The standard InChI is InChI=1S/2C15H15NO2.Ni/c2*1-18-14-9-5-8-13(15(14)17)11-16-10-12-6-3-2-4-7-12;/h2*2-9,11,17H,10H2,1H3;/q;;+2/p-2. The Morgan fingerprint density at radius 3 is 1.30 bits per heavy atom. The fourth-order valence-electron chi connectivity index (χ4n) is 3.26. The van der Waals surface area contributed by atoms with Gasteiger partial charge in [0.15, 0.2) is 0 Å². The second kappa shape index (κ2) is 15.8. The van der Waals surface area contributed by atoms with Crippen molar-refractivity contribution in [3.05, 3.63) is 119 Å². The zero-order valence-corrected chi connectivity index (χ0v) is 21.6. The van der Waals surface area contributed by atoms with Crippen LogP contribution in [0, 0.1) is 0 Å². The third kappa shape index (κ3) is 9.13. The van der Waals surface area contributed by atoms with Gasteiger partial charge < -0.3 is 19.7 Å². The fraction of sp³-hybridized carbons (Fsp3) is 0.133. The Labute approximate surface area is 227 Å². The maximum atomic E-state index is 11.8. The van der Waals surface area contributed by atoms with E-state index in [0.29, 0.717) is 35.7 Å². The van der Waals surface area contributed by atoms with Gasteiger partial charge in [0.05, 0.1) is 27.3 Å². The number of aliphatic imine (C=N–C) groups is 2. The van der Waals surface area contributed by atoms with Crippen molar-refractivity contribution in [2.45, 2.75) is 13.1 Å². The molecule has 0 saturated carbocycles. The molecule has 0 unspecified atom stereocenters. The summed E-state index contributed by atoms with van der Waals surface area (Å²) < 4.78 is 9.95. The molecular formula is C30H28N2NiO4. The minimum absolute atomic E-state index is 0. The summed E-state index contributed by atoms with van der Waals surface area (Å²) in [6.07, 6.45) is 3.19. The monoisotopic (exact) mass is 538 g/mol. The average Bonchev–Trinajstić information content (AvgIpc) is 2.92. The largest absolute Gasteiger partial charge is 2.00 e. The molecule has 37 heavy (non-hydrogen) atoms. The van der Waals surface area contributed by atoms with E-state index in [9.17, 15) is 10.2 Å². The molecule has 6 nitrogen and oxygen atoms in total. The van der Waals surface area contributed by atoms with E-state index in [1.807, 2.05) is 60.7 Å². The topological polar surface area (TPSA) is 89.3 Å². The maximum absolute atomic E-state index is 11.8. The molecule has 0 aliphatic carbocycles. The number of para-hydroxylation sites is 2. The summed E-state index contributed by atoms with van der Waals surface area (Å²) in [4.78, 5) is 8.54. The van der Waals surface area contributed by atoms with Crippen molar-refractivity contribution >= 4 is 12.4 Å². The molecule has 0 aliphatic heterocycles. The number of benzene rings is 4. The van der Waals surface area contributed by atoms with Gasteiger partial charge in [0.25, 0.3) is 0 Å². The van der Waals surface area contributed by atoms with Crippen molar-refractivity contribution in [2.24, 2.45) is 9.98 Å². The van der Waals surface area contributed by atoms with E-state index in [1.165, 1.54) is 14.2 Å². The number of nitrogens with zero attached hydrogens (tertiary/aromatic N) is 2. The van der Waals surface area contributed by atoms with Gasteiger partial charge in [-0.1, -0.05) is 96.4 Å². The van der Waals surface area contributed by atoms with Crippen LogP contribution in [0.5, 0.6) is 23.0 Å². The van der Waals surface area contributed by atoms with Crippen LogP contribution in [0.4, 0.5) is 0 Å². The molecule has 0 radical (unpaired) electrons. The number of rotatable bonds is 8. The van der Waals surface area contributed by atoms with E-state index in [1.54, 1.807) is 48.8 Å². The van der Waals surface area contributed by atoms with E-state index in [0.717, 1.165) is 11.1 Å². The summed E-state index contributed by atoms with van der Waals surface area (Å²) in [5.74, 6) is 0.436. The SMILES string of the molecule is COc1cccc(C=NCc2ccccc2)c1[O-].COc1cccc(C=NCc2ccccc2)c1[O-].[Ni+2]. The summed E-state index contributed by atoms with van der Waals surface area (Å²) in [5.41, 5.74) is 3.32. The van der Waals surface area contributed by atoms with Crippen molar-refractivity contribution < 1.29 is 36.2 Å². The molecule has 4 aromatic carbocycles. The second-order valence-electron chi connectivity index (χ2n) is 7.67. The predicted molar refractivity (Wildman–Crippen MR) is 140 cm³/mol. The van der Waals surface area contributed by atoms with Crippen LogP contribution in [0.15, 0.2) is 107 Å². The Morgan fingerprint density at radius 2 is 0.946 bits per heavy atom. The molecule has 0 N–H and O–H groups in total. The van der Waals surface area contributed by atoms with Crippen LogP contribution in [-0.4, -0.2) is 26.6 Å². The summed E-state index contributed by atoms with van der Waals surface area (Å²) >= 11 is 0. The smallest absolute Gasteiger partial charge is 0.870 e. The number of hydrogen-bond donors (Lipinski definition) is 0. The molecule has 7 heteroatoms. The molecule has 0 aromatic heterocycles. The molecular weight excluding hydrogens is 511 g/mol. The van der Waals surface area contributed by atoms with Crippen molar-refractivity contribution in [1.29, 1.82) is 0 Å². The van der Waals surface area contributed by atoms with Gasteiger partial charge in [-0.25, -0.2) is 0 Å². The zero-order chi connectivity index (χ0) is 25.6. The Balaban J connectivity index is 0.000000253. The first kappa shape index (κ1) is 29.1. The van der Waals surface area contributed by atoms with Crippen LogP contribution < -0.4 is 19.7 Å². The third-order valence-electron chi connectivity index (χ3n) is 5.15. The van der Waals surface area contributed by atoms with Crippen molar-refractivity contribution in [3.63, 3.8) is 0 Å². The van der Waals surface area contributed by atoms with Crippen LogP contribution in [-0.2, 0) is 29.6 Å². The molecule has 0 heterocycles. The first-order valence-corrected chi connectivity index (χ1v) is 11.4. The van der Waals surface area contributed by atoms with Crippen LogP contribution in [0.25, 0.3) is 0 Å². The number of methoxy groups -OCH3 is 2. The molecule has 192 valence electrons. The van der Waals surface area contributed by atoms with Crippen molar-refractivity contribution in [1.82, 2.24) is 0 Å². The summed E-state index contributed by atoms with van der Waals surface area (Å²) in [6.45, 7) is 1.13. The molecule has 0 aliphatic rings. The van der Waals surface area contributed by atoms with Crippen LogP contribution in [0.3, 0.4) is 0 Å². The molecule has 4 aromatic rings. The minimum Gasteiger partial charge on any atom is -0.870 e. The van der Waals surface area contributed by atoms with Crippen molar-refractivity contribution in [3.8, 4) is 23.0 Å². The quantitative estimate of drug-likeness (QED) is 0.238. The molecule has 0 amide bonds. The molecule has 0 saturated heterocycles. The van der Waals surface area contributed by atoms with E-state index in [-0.39, 0.29) is 28.0 Å². The average molecular weight is 539 g/mol. The Hall–Kier alpha value is -4.09. The van der Waals surface area contributed by atoms with E-state index >= 15 is 0 Å². The van der Waals surface area contributed by atoms with Crippen LogP contribution in [0.1, 0.15) is 22.3 Å². The molecule has 4 rings (SSSR count). The number of hydrogen-bond acceptors (Lipinski definition) is 6. The molecule has 0 bridgehead atoms. The second-order valence-corrected chi connectivity index (χ2v) is 7.67. The predicted octanol–water partition coefficient (Wildman–Crippen LogP) is 4.77. The van der Waals surface area contributed by atoms with Crippen LogP contribution in [0.2, 0.25) is 0 Å². The minimum atomic E-state index is -0.128. The Bertz CT molecular complexity index is 1180. The third-order valence-corrected chi connectivity index (χ3v) is 5.15. The van der Waals surface area contributed by atoms with E-state index in [2.05, 4.69) is 9.98 Å². The van der Waals surface area contributed by atoms with Gasteiger partial charge in [-0.15, -0.1) is 0 Å². The summed E-state index contributed by atoms with van der Waals surface area (Å²) in [7, 11) is 2.98. The van der Waals surface area contributed by atoms with Gasteiger partial charge in [-0.2, -0.15) is 0 Å². The first-order valence-electron chi connectivity index (χ1n) is 11.4. The normalized spacial score (nSPS) is 10.4. The van der Waals surface area contributed by atoms with Gasteiger partial charge >= 0.3 is 16.5 Å². The maximum Gasteiger partial charge on any atom is 2.00 e. The van der Waals surface area contributed by atoms with Gasteiger partial charge in [0.2, 0.25) is 0 Å². The van der Waals surface area contributed by atoms with Crippen LogP contribution >= 0.6 is 0 Å². The molecule has 0 atom stereocenters. The summed E-state index contributed by atoms with van der Waals surface area (Å²) in [6, 6.07) is 30.1. The Kier molecular flexibility index (Phi) is 12.5. The summed E-state index contributed by atoms with van der Waals surface area (Å²) in [5, 5.41) is 23.7. The number of ether oxygens (including phenoxy) is 2. The van der Waals surface area contributed by atoms with Gasteiger partial charge in [-0.05, 0) is 34.4 Å². The Morgan fingerprint density at radius 1 is 0.568 bits per heavy atom. The zero-order valence-electron chi connectivity index (χ0n) is 20.7. The molecule has 0 spiro atoms. The van der Waals surface area contributed by atoms with E-state index < -0.39 is 0 Å². The van der Waals surface area contributed by atoms with Gasteiger partial charge in [0.1, 0.15) is 11.5 Å².